The Kier molecular flexibility index (Phi) is 8.38. The molecule has 2 atom stereocenters. The van der Waals surface area contributed by atoms with Crippen LogP contribution < -0.4 is 15.4 Å². The van der Waals surface area contributed by atoms with Crippen molar-refractivity contribution in [3.63, 3.8) is 0 Å². The van der Waals surface area contributed by atoms with Gasteiger partial charge in [-0.2, -0.15) is 0 Å². The average molecular weight is 538 g/mol. The first-order valence-electron chi connectivity index (χ1n) is 13.4. The van der Waals surface area contributed by atoms with Gasteiger partial charge in [-0.05, 0) is 74.8 Å². The third-order valence-electron chi connectivity index (χ3n) is 7.44. The highest BCUT2D eigenvalue weighted by Gasteiger charge is 2.35. The zero-order valence-electron chi connectivity index (χ0n) is 21.9. The number of piperidine rings is 1. The molecule has 0 spiro atoms. The molecule has 0 saturated carbocycles. The first kappa shape index (κ1) is 26.4. The van der Waals surface area contributed by atoms with Crippen molar-refractivity contribution in [2.45, 2.75) is 58.0 Å². The number of benzene rings is 1. The summed E-state index contributed by atoms with van der Waals surface area (Å²) in [6, 6.07) is 9.21. The normalized spacial score (nSPS) is 18.9. The molecule has 1 aromatic carbocycles. The summed E-state index contributed by atoms with van der Waals surface area (Å²) in [7, 11) is 0. The number of aryl methyl sites for hydroxylation is 1. The van der Waals surface area contributed by atoms with E-state index in [1.165, 1.54) is 0 Å². The first-order chi connectivity index (χ1) is 18.5. The third-order valence-corrected chi connectivity index (χ3v) is 8.42. The molecule has 2 aromatic heterocycles. The van der Waals surface area contributed by atoms with Gasteiger partial charge in [-0.3, -0.25) is 9.59 Å². The summed E-state index contributed by atoms with van der Waals surface area (Å²) in [5, 5.41) is 10.4. The highest BCUT2D eigenvalue weighted by molar-refractivity contribution is 7.13. The van der Waals surface area contributed by atoms with Gasteiger partial charge in [0.05, 0.1) is 35.2 Å². The third kappa shape index (κ3) is 6.24. The molecule has 38 heavy (non-hydrogen) atoms. The minimum absolute atomic E-state index is 0.0570. The van der Waals surface area contributed by atoms with Crippen LogP contribution in [0.15, 0.2) is 40.4 Å². The van der Waals surface area contributed by atoms with Gasteiger partial charge in [0.1, 0.15) is 11.8 Å². The van der Waals surface area contributed by atoms with Gasteiger partial charge in [0.25, 0.3) is 5.88 Å². The van der Waals surface area contributed by atoms with Crippen LogP contribution in [0, 0.1) is 12.8 Å². The van der Waals surface area contributed by atoms with E-state index in [1.807, 2.05) is 31.5 Å². The van der Waals surface area contributed by atoms with E-state index in [1.54, 1.807) is 22.3 Å². The van der Waals surface area contributed by atoms with E-state index in [-0.39, 0.29) is 24.3 Å². The van der Waals surface area contributed by atoms with E-state index in [0.29, 0.717) is 37.1 Å². The number of carbonyl (C=O) groups is 2. The number of thiazole rings is 1. The van der Waals surface area contributed by atoms with Gasteiger partial charge in [-0.25, -0.2) is 4.98 Å². The molecule has 3 aromatic rings. The van der Waals surface area contributed by atoms with Crippen LogP contribution in [0.5, 0.6) is 5.88 Å². The number of rotatable bonds is 9. The Morgan fingerprint density at radius 2 is 2.03 bits per heavy atom. The van der Waals surface area contributed by atoms with Crippen LogP contribution in [0.3, 0.4) is 0 Å². The number of likely N-dealkylation sites (tertiary alicyclic amines) is 1. The second-order valence-electron chi connectivity index (χ2n) is 10.2. The summed E-state index contributed by atoms with van der Waals surface area (Å²) in [6.45, 7) is 7.14. The Balaban J connectivity index is 1.13. The molecule has 0 aliphatic carbocycles. The van der Waals surface area contributed by atoms with Crippen molar-refractivity contribution < 1.29 is 18.8 Å². The summed E-state index contributed by atoms with van der Waals surface area (Å²) < 4.78 is 11.1. The molecule has 2 saturated heterocycles. The summed E-state index contributed by atoms with van der Waals surface area (Å²) >= 11 is 1.62. The van der Waals surface area contributed by atoms with E-state index in [4.69, 9.17) is 9.26 Å². The maximum Gasteiger partial charge on any atom is 0.254 e. The molecule has 2 aliphatic heterocycles. The van der Waals surface area contributed by atoms with Crippen molar-refractivity contribution in [2.24, 2.45) is 5.92 Å². The summed E-state index contributed by atoms with van der Waals surface area (Å²) in [5.74, 6) is 1.10. The second-order valence-corrected chi connectivity index (χ2v) is 11.0. The molecule has 2 amide bonds. The first-order valence-corrected chi connectivity index (χ1v) is 14.2. The molecule has 2 N–H and O–H groups in total. The van der Waals surface area contributed by atoms with Gasteiger partial charge in [-0.1, -0.05) is 24.3 Å². The van der Waals surface area contributed by atoms with Crippen LogP contribution in [0.25, 0.3) is 10.4 Å². The van der Waals surface area contributed by atoms with Crippen LogP contribution >= 0.6 is 11.3 Å². The fraction of sp³-hybridized carbons (Fsp3) is 0.500. The predicted molar refractivity (Wildman–Crippen MR) is 145 cm³/mol. The Bertz CT molecular complexity index is 1230. The predicted octanol–water partition coefficient (Wildman–Crippen LogP) is 3.90. The zero-order valence-corrected chi connectivity index (χ0v) is 22.8. The number of ether oxygens (including phenoxy) is 1. The quantitative estimate of drug-likeness (QED) is 0.426. The average Bonchev–Trinajstić information content (AvgIpc) is 3.69. The zero-order chi connectivity index (χ0) is 26.5. The number of nitrogens with one attached hydrogen (secondary N) is 2. The molecule has 4 heterocycles. The summed E-state index contributed by atoms with van der Waals surface area (Å²) in [5.41, 5.74) is 4.99. The minimum Gasteiger partial charge on any atom is -0.475 e. The molecule has 5 rings (SSSR count). The molecule has 0 bridgehead atoms. The standard InChI is InChI=1S/C28H35N5O4S/c1-18(21-5-7-22(8-6-21)27-19(2)30-17-38-27)31-28(35)24-4-3-13-33(24)26(34)15-23-14-25(32-37-23)36-16-20-9-11-29-12-10-20/h5-8,14,17-18,20,24,29H,3-4,9-13,15-16H2,1-2H3,(H,31,35). The van der Waals surface area contributed by atoms with Crippen LogP contribution in [-0.4, -0.2) is 59.1 Å². The SMILES string of the molecule is Cc1ncsc1-c1ccc(C(C)NC(=O)C2CCCN2C(=O)Cc2cc(OCC3CCNCC3)no2)cc1. The van der Waals surface area contributed by atoms with Crippen LogP contribution in [-0.2, 0) is 16.0 Å². The van der Waals surface area contributed by atoms with Gasteiger partial charge in [0.15, 0.2) is 0 Å². The second kappa shape index (κ2) is 12.1. The van der Waals surface area contributed by atoms with Gasteiger partial charge in [-0.15, -0.1) is 11.3 Å². The Labute approximate surface area is 226 Å². The summed E-state index contributed by atoms with van der Waals surface area (Å²) in [4.78, 5) is 33.4. The van der Waals surface area contributed by atoms with Crippen LogP contribution in [0.4, 0.5) is 0 Å². The molecular formula is C28H35N5O4S. The minimum atomic E-state index is -0.484. The molecule has 202 valence electrons. The maximum atomic E-state index is 13.2. The van der Waals surface area contributed by atoms with E-state index in [9.17, 15) is 9.59 Å². The number of carbonyl (C=O) groups excluding carboxylic acids is 2. The fourth-order valence-electron chi connectivity index (χ4n) is 5.18. The van der Waals surface area contributed by atoms with Gasteiger partial charge >= 0.3 is 0 Å². The highest BCUT2D eigenvalue weighted by Crippen LogP contribution is 2.28. The number of hydrogen-bond donors (Lipinski definition) is 2. The molecule has 0 radical (unpaired) electrons. The maximum absolute atomic E-state index is 13.2. The van der Waals surface area contributed by atoms with Crippen LogP contribution in [0.1, 0.15) is 55.7 Å². The Hall–Kier alpha value is -3.24. The fourth-order valence-corrected chi connectivity index (χ4v) is 5.99. The van der Waals surface area contributed by atoms with Gasteiger partial charge in [0, 0.05) is 12.6 Å². The number of hydrogen-bond acceptors (Lipinski definition) is 8. The van der Waals surface area contributed by atoms with E-state index in [0.717, 1.165) is 54.0 Å². The van der Waals surface area contributed by atoms with E-state index >= 15 is 0 Å². The lowest BCUT2D eigenvalue weighted by atomic mass is 9.99. The van der Waals surface area contributed by atoms with Crippen molar-refractivity contribution in [3.8, 4) is 16.3 Å². The lowest BCUT2D eigenvalue weighted by molar-refractivity contribution is -0.138. The monoisotopic (exact) mass is 537 g/mol. The molecule has 10 heteroatoms. The topological polar surface area (TPSA) is 110 Å². The number of amides is 2. The lowest BCUT2D eigenvalue weighted by Crippen LogP contribution is -2.47. The summed E-state index contributed by atoms with van der Waals surface area (Å²) in [6.07, 6.45) is 3.66. The van der Waals surface area contributed by atoms with Crippen molar-refractivity contribution >= 4 is 23.2 Å². The van der Waals surface area contributed by atoms with E-state index < -0.39 is 6.04 Å². The molecular weight excluding hydrogens is 502 g/mol. The largest absolute Gasteiger partial charge is 0.475 e. The number of nitrogens with zero attached hydrogens (tertiary/aromatic N) is 3. The number of aromatic nitrogens is 2. The Morgan fingerprint density at radius 3 is 2.76 bits per heavy atom. The van der Waals surface area contributed by atoms with Crippen molar-refractivity contribution in [1.82, 2.24) is 25.7 Å². The molecule has 2 unspecified atom stereocenters. The highest BCUT2D eigenvalue weighted by atomic mass is 32.1. The van der Waals surface area contributed by atoms with E-state index in [2.05, 4.69) is 32.9 Å². The van der Waals surface area contributed by atoms with Crippen molar-refractivity contribution in [3.05, 3.63) is 52.9 Å². The molecule has 2 aliphatic rings. The smallest absolute Gasteiger partial charge is 0.254 e. The van der Waals surface area contributed by atoms with Gasteiger partial charge < -0.3 is 24.8 Å². The van der Waals surface area contributed by atoms with Crippen molar-refractivity contribution in [1.29, 1.82) is 0 Å². The Morgan fingerprint density at radius 1 is 1.24 bits per heavy atom. The lowest BCUT2D eigenvalue weighted by Gasteiger charge is -2.25. The van der Waals surface area contributed by atoms with Crippen molar-refractivity contribution in [2.75, 3.05) is 26.2 Å². The van der Waals surface area contributed by atoms with Crippen LogP contribution in [0.2, 0.25) is 0 Å². The van der Waals surface area contributed by atoms with Gasteiger partial charge in [0.2, 0.25) is 11.8 Å². The molecule has 9 nitrogen and oxygen atoms in total. The molecule has 2 fully saturated rings.